The number of pyridine rings is 1. The second kappa shape index (κ2) is 6.96. The van der Waals surface area contributed by atoms with Crippen LogP contribution in [-0.4, -0.2) is 35.7 Å². The van der Waals surface area contributed by atoms with Gasteiger partial charge in [-0.05, 0) is 31.5 Å². The average molecular weight is 356 g/mol. The van der Waals surface area contributed by atoms with E-state index in [2.05, 4.69) is 0 Å². The predicted molar refractivity (Wildman–Crippen MR) is 100 cm³/mol. The van der Waals surface area contributed by atoms with Crippen LogP contribution in [0.5, 0.6) is 5.75 Å². The smallest absolute Gasteiger partial charge is 0.259 e. The maximum absolute atomic E-state index is 13.0. The molecule has 0 radical (unpaired) electrons. The number of hydrogen-bond acceptors (Lipinski definition) is 5. The molecule has 138 valence electrons. The van der Waals surface area contributed by atoms with Crippen molar-refractivity contribution in [1.29, 1.82) is 0 Å². The Labute approximate surface area is 152 Å². The number of methoxy groups -OCH3 is 1. The monoisotopic (exact) mass is 356 g/mol. The molecule has 1 aliphatic rings. The number of rotatable bonds is 5. The summed E-state index contributed by atoms with van der Waals surface area (Å²) in [4.78, 5) is 27.7. The second-order valence-electron chi connectivity index (χ2n) is 6.63. The Balaban J connectivity index is 2.03. The molecule has 0 bridgehead atoms. The maximum atomic E-state index is 13.0. The zero-order chi connectivity index (χ0) is 19.0. The van der Waals surface area contributed by atoms with Crippen LogP contribution in [0.15, 0.2) is 35.1 Å². The van der Waals surface area contributed by atoms with Crippen molar-refractivity contribution in [2.75, 3.05) is 19.1 Å². The molecule has 6 nitrogen and oxygen atoms in total. The first-order chi connectivity index (χ1) is 12.4. The van der Waals surface area contributed by atoms with E-state index in [0.717, 1.165) is 11.4 Å². The number of aliphatic hydroxyl groups is 1. The molecule has 0 spiro atoms. The Bertz CT molecular complexity index is 903. The van der Waals surface area contributed by atoms with Gasteiger partial charge in [0, 0.05) is 24.0 Å². The molecule has 3 rings (SSSR count). The van der Waals surface area contributed by atoms with E-state index in [1.54, 1.807) is 31.4 Å². The van der Waals surface area contributed by atoms with Crippen molar-refractivity contribution in [2.45, 2.75) is 39.0 Å². The number of aromatic nitrogens is 1. The summed E-state index contributed by atoms with van der Waals surface area (Å²) in [5.41, 5.74) is 2.09. The second-order valence-corrected chi connectivity index (χ2v) is 6.63. The summed E-state index contributed by atoms with van der Waals surface area (Å²) in [6, 6.07) is 8.62. The minimum absolute atomic E-state index is 0.0622. The standard InChI is InChI=1S/C20H24N2O4/c1-5-14-10-16-18(19(24)12(2)21(16)3)20(25)22(14)11-17(23)13-7-6-8-15(9-13)26-4/h6-10,12,19,24H,5,11H2,1-4H3. The highest BCUT2D eigenvalue weighted by atomic mass is 16.5. The SMILES string of the molecule is CCc1cc2c(c(=O)n1CC(=O)c1cccc(OC)c1)C(O)C(C)N2C. The summed E-state index contributed by atoms with van der Waals surface area (Å²) in [7, 11) is 3.41. The quantitative estimate of drug-likeness (QED) is 0.832. The Morgan fingerprint density at radius 3 is 2.69 bits per heavy atom. The first kappa shape index (κ1) is 18.2. The van der Waals surface area contributed by atoms with Gasteiger partial charge in [-0.2, -0.15) is 0 Å². The van der Waals surface area contributed by atoms with Gasteiger partial charge in [-0.15, -0.1) is 0 Å². The lowest BCUT2D eigenvalue weighted by atomic mass is 10.1. The number of nitrogens with zero attached hydrogens (tertiary/aromatic N) is 2. The molecule has 1 aromatic heterocycles. The minimum Gasteiger partial charge on any atom is -0.497 e. The van der Waals surface area contributed by atoms with Gasteiger partial charge < -0.3 is 19.3 Å². The average Bonchev–Trinajstić information content (AvgIpc) is 2.87. The molecule has 0 fully saturated rings. The lowest BCUT2D eigenvalue weighted by molar-refractivity contribution is 0.0968. The predicted octanol–water partition coefficient (Wildman–Crippen LogP) is 2.17. The molecule has 0 saturated carbocycles. The molecule has 26 heavy (non-hydrogen) atoms. The zero-order valence-electron chi connectivity index (χ0n) is 15.5. The van der Waals surface area contributed by atoms with Gasteiger partial charge in [0.25, 0.3) is 5.56 Å². The topological polar surface area (TPSA) is 71.8 Å². The van der Waals surface area contributed by atoms with Crippen LogP contribution in [0.25, 0.3) is 0 Å². The Hall–Kier alpha value is -2.60. The van der Waals surface area contributed by atoms with Crippen LogP contribution in [-0.2, 0) is 13.0 Å². The molecule has 1 aromatic carbocycles. The molecule has 6 heteroatoms. The molecule has 1 N–H and O–H groups in total. The van der Waals surface area contributed by atoms with Crippen LogP contribution in [0.3, 0.4) is 0 Å². The molecule has 2 atom stereocenters. The molecule has 0 aliphatic carbocycles. The molecule has 0 saturated heterocycles. The summed E-state index contributed by atoms with van der Waals surface area (Å²) in [6.45, 7) is 3.76. The van der Waals surface area contributed by atoms with Crippen LogP contribution in [0.2, 0.25) is 0 Å². The van der Waals surface area contributed by atoms with Crippen LogP contribution in [0.1, 0.15) is 41.6 Å². The molecule has 0 amide bonds. The van der Waals surface area contributed by atoms with E-state index < -0.39 is 6.10 Å². The zero-order valence-corrected chi connectivity index (χ0v) is 15.5. The fourth-order valence-corrected chi connectivity index (χ4v) is 3.44. The van der Waals surface area contributed by atoms with Crippen molar-refractivity contribution < 1.29 is 14.6 Å². The lowest BCUT2D eigenvalue weighted by Gasteiger charge is -2.20. The third-order valence-electron chi connectivity index (χ3n) is 5.20. The number of benzene rings is 1. The number of aliphatic hydroxyl groups excluding tert-OH is 1. The molecule has 2 aromatic rings. The van der Waals surface area contributed by atoms with Crippen molar-refractivity contribution in [3.05, 3.63) is 57.5 Å². The van der Waals surface area contributed by atoms with Gasteiger partial charge in [0.2, 0.25) is 0 Å². The lowest BCUT2D eigenvalue weighted by Crippen LogP contribution is -2.30. The third-order valence-corrected chi connectivity index (χ3v) is 5.20. The van der Waals surface area contributed by atoms with E-state index in [9.17, 15) is 14.7 Å². The molecule has 2 unspecified atom stereocenters. The largest absolute Gasteiger partial charge is 0.497 e. The Morgan fingerprint density at radius 2 is 2.04 bits per heavy atom. The summed E-state index contributed by atoms with van der Waals surface area (Å²) in [5, 5.41) is 10.5. The molecular weight excluding hydrogens is 332 g/mol. The number of fused-ring (bicyclic) bond motifs is 1. The number of ether oxygens (including phenoxy) is 1. The number of carbonyl (C=O) groups is 1. The van der Waals surface area contributed by atoms with Crippen LogP contribution in [0.4, 0.5) is 5.69 Å². The number of aryl methyl sites for hydroxylation is 1. The number of hydrogen-bond donors (Lipinski definition) is 1. The highest BCUT2D eigenvalue weighted by molar-refractivity contribution is 5.96. The molecular formula is C20H24N2O4. The van der Waals surface area contributed by atoms with Crippen molar-refractivity contribution in [1.82, 2.24) is 4.57 Å². The summed E-state index contributed by atoms with van der Waals surface area (Å²) >= 11 is 0. The first-order valence-electron chi connectivity index (χ1n) is 8.73. The van der Waals surface area contributed by atoms with Gasteiger partial charge in [-0.3, -0.25) is 9.59 Å². The minimum atomic E-state index is -0.855. The summed E-state index contributed by atoms with van der Waals surface area (Å²) in [6.07, 6.45) is -0.238. The van der Waals surface area contributed by atoms with Gasteiger partial charge in [-0.25, -0.2) is 0 Å². The maximum Gasteiger partial charge on any atom is 0.259 e. The van der Waals surface area contributed by atoms with Gasteiger partial charge in [0.05, 0.1) is 25.3 Å². The van der Waals surface area contributed by atoms with E-state index in [1.807, 2.05) is 31.9 Å². The molecule has 2 heterocycles. The molecule has 1 aliphatic heterocycles. The van der Waals surface area contributed by atoms with E-state index in [-0.39, 0.29) is 23.9 Å². The summed E-state index contributed by atoms with van der Waals surface area (Å²) in [5.74, 6) is 0.424. The van der Waals surface area contributed by atoms with Gasteiger partial charge >= 0.3 is 0 Å². The van der Waals surface area contributed by atoms with E-state index in [4.69, 9.17) is 4.74 Å². The fourth-order valence-electron chi connectivity index (χ4n) is 3.44. The summed E-state index contributed by atoms with van der Waals surface area (Å²) < 4.78 is 6.64. The number of carbonyl (C=O) groups excluding carboxylic acids is 1. The van der Waals surface area contributed by atoms with Crippen molar-refractivity contribution in [3.8, 4) is 5.75 Å². The van der Waals surface area contributed by atoms with Crippen molar-refractivity contribution >= 4 is 11.5 Å². The Morgan fingerprint density at radius 1 is 1.31 bits per heavy atom. The number of Topliss-reactive ketones (excluding diaryl/α,β-unsaturated/α-hetero) is 1. The van der Waals surface area contributed by atoms with Crippen LogP contribution in [0, 0.1) is 0 Å². The van der Waals surface area contributed by atoms with Gasteiger partial charge in [-0.1, -0.05) is 19.1 Å². The number of likely N-dealkylation sites (N-methyl/N-ethyl adjacent to an activating group) is 1. The highest BCUT2D eigenvalue weighted by Gasteiger charge is 2.36. The number of anilines is 1. The van der Waals surface area contributed by atoms with E-state index in [1.165, 1.54) is 4.57 Å². The van der Waals surface area contributed by atoms with Crippen molar-refractivity contribution in [3.63, 3.8) is 0 Å². The number of ketones is 1. The van der Waals surface area contributed by atoms with Gasteiger partial charge in [0.15, 0.2) is 5.78 Å². The fraction of sp³-hybridized carbons (Fsp3) is 0.400. The first-order valence-corrected chi connectivity index (χ1v) is 8.73. The van der Waals surface area contributed by atoms with Crippen LogP contribution >= 0.6 is 0 Å². The highest BCUT2D eigenvalue weighted by Crippen LogP contribution is 2.36. The van der Waals surface area contributed by atoms with Crippen LogP contribution < -0.4 is 15.2 Å². The Kier molecular flexibility index (Phi) is 4.87. The van der Waals surface area contributed by atoms with Gasteiger partial charge in [0.1, 0.15) is 11.9 Å². The van der Waals surface area contributed by atoms with E-state index in [0.29, 0.717) is 23.3 Å². The third kappa shape index (κ3) is 2.90. The van der Waals surface area contributed by atoms with Crippen molar-refractivity contribution in [2.24, 2.45) is 0 Å². The normalized spacial score (nSPS) is 18.7. The van der Waals surface area contributed by atoms with E-state index >= 15 is 0 Å².